The number of carbonyl (C=O) groups excluding carboxylic acids is 3. The van der Waals surface area contributed by atoms with Crippen LogP contribution >= 0.6 is 0 Å². The number of aliphatic carboxylic acids is 1. The number of rotatable bonds is 13. The Morgan fingerprint density at radius 3 is 2.12 bits per heavy atom. The van der Waals surface area contributed by atoms with Crippen LogP contribution < -0.4 is 21.7 Å². The third kappa shape index (κ3) is 7.80. The zero-order chi connectivity index (χ0) is 29.4. The Hall–Kier alpha value is -4.42. The number of phenols is 1. The van der Waals surface area contributed by atoms with Crippen molar-refractivity contribution in [2.75, 3.05) is 6.61 Å². The minimum absolute atomic E-state index is 0.0387. The molecular formula is C28H35N5O7. The number of carbonyl (C=O) groups is 4. The molecule has 214 valence electrons. The van der Waals surface area contributed by atoms with E-state index in [1.807, 2.05) is 24.3 Å². The number of nitrogens with one attached hydrogen (secondary N) is 4. The summed E-state index contributed by atoms with van der Waals surface area (Å²) in [4.78, 5) is 53.7. The van der Waals surface area contributed by atoms with Crippen molar-refractivity contribution in [2.24, 2.45) is 11.7 Å². The molecule has 0 aliphatic heterocycles. The van der Waals surface area contributed by atoms with Crippen LogP contribution in [0.3, 0.4) is 0 Å². The van der Waals surface area contributed by atoms with E-state index >= 15 is 0 Å². The Bertz CT molecular complexity index is 1340. The number of H-pyrrole nitrogens is 1. The quantitative estimate of drug-likeness (QED) is 0.146. The van der Waals surface area contributed by atoms with Crippen molar-refractivity contribution in [3.63, 3.8) is 0 Å². The Morgan fingerprint density at radius 2 is 1.50 bits per heavy atom. The Kier molecular flexibility index (Phi) is 10.2. The number of phenolic OH excluding ortho intramolecular Hbond substituents is 1. The number of hydrogen-bond donors (Lipinski definition) is 8. The summed E-state index contributed by atoms with van der Waals surface area (Å²) in [5.74, 6) is -3.88. The van der Waals surface area contributed by atoms with E-state index in [0.717, 1.165) is 16.5 Å². The van der Waals surface area contributed by atoms with Crippen molar-refractivity contribution in [1.82, 2.24) is 20.9 Å². The van der Waals surface area contributed by atoms with Gasteiger partial charge in [-0.2, -0.15) is 0 Å². The van der Waals surface area contributed by atoms with Gasteiger partial charge in [-0.1, -0.05) is 44.2 Å². The van der Waals surface area contributed by atoms with Gasteiger partial charge >= 0.3 is 5.97 Å². The summed E-state index contributed by atoms with van der Waals surface area (Å²) in [5.41, 5.74) is 8.36. The molecule has 0 radical (unpaired) electrons. The summed E-state index contributed by atoms with van der Waals surface area (Å²) in [6.45, 7) is 2.43. The molecule has 12 heteroatoms. The Balaban J connectivity index is 1.79. The van der Waals surface area contributed by atoms with Gasteiger partial charge in [0.2, 0.25) is 17.7 Å². The van der Waals surface area contributed by atoms with Crippen molar-refractivity contribution in [3.05, 3.63) is 65.9 Å². The van der Waals surface area contributed by atoms with Gasteiger partial charge < -0.3 is 42.0 Å². The topological polar surface area (TPSA) is 207 Å². The van der Waals surface area contributed by atoms with E-state index < -0.39 is 60.4 Å². The minimum Gasteiger partial charge on any atom is -0.508 e. The van der Waals surface area contributed by atoms with Crippen LogP contribution in [-0.2, 0) is 32.0 Å². The first-order valence-corrected chi connectivity index (χ1v) is 12.8. The minimum atomic E-state index is -1.46. The van der Waals surface area contributed by atoms with Crippen LogP contribution in [0.15, 0.2) is 54.7 Å². The van der Waals surface area contributed by atoms with Crippen molar-refractivity contribution < 1.29 is 34.5 Å². The van der Waals surface area contributed by atoms with Crippen molar-refractivity contribution >= 4 is 34.6 Å². The van der Waals surface area contributed by atoms with E-state index in [1.165, 1.54) is 12.1 Å². The lowest BCUT2D eigenvalue weighted by Gasteiger charge is -2.25. The van der Waals surface area contributed by atoms with E-state index in [1.54, 1.807) is 32.2 Å². The van der Waals surface area contributed by atoms with Gasteiger partial charge in [-0.3, -0.25) is 14.4 Å². The zero-order valence-electron chi connectivity index (χ0n) is 22.3. The Labute approximate surface area is 231 Å². The molecule has 2 aromatic carbocycles. The maximum Gasteiger partial charge on any atom is 0.326 e. The number of aliphatic hydroxyl groups is 1. The van der Waals surface area contributed by atoms with E-state index in [0.29, 0.717) is 5.56 Å². The van der Waals surface area contributed by atoms with Gasteiger partial charge in [-0.25, -0.2) is 4.79 Å². The summed E-state index contributed by atoms with van der Waals surface area (Å²) in [6, 6.07) is 8.72. The maximum atomic E-state index is 13.4. The summed E-state index contributed by atoms with van der Waals surface area (Å²) >= 11 is 0. The fourth-order valence-electron chi connectivity index (χ4n) is 4.22. The van der Waals surface area contributed by atoms with E-state index in [2.05, 4.69) is 20.9 Å². The molecule has 1 heterocycles. The molecule has 0 fully saturated rings. The predicted octanol–water partition coefficient (Wildman–Crippen LogP) is 0.173. The highest BCUT2D eigenvalue weighted by Crippen LogP contribution is 2.19. The lowest BCUT2D eigenvalue weighted by atomic mass is 10.0. The molecule has 4 unspecified atom stereocenters. The number of aliphatic hydroxyl groups excluding tert-OH is 1. The lowest BCUT2D eigenvalue weighted by molar-refractivity contribution is -0.143. The third-order valence-electron chi connectivity index (χ3n) is 6.51. The second kappa shape index (κ2) is 13.6. The van der Waals surface area contributed by atoms with Crippen LogP contribution in [0.2, 0.25) is 0 Å². The molecule has 4 atom stereocenters. The van der Waals surface area contributed by atoms with Crippen molar-refractivity contribution in [2.45, 2.75) is 50.9 Å². The highest BCUT2D eigenvalue weighted by molar-refractivity contribution is 5.95. The maximum absolute atomic E-state index is 13.4. The van der Waals surface area contributed by atoms with Gasteiger partial charge in [0, 0.05) is 23.5 Å². The summed E-state index contributed by atoms with van der Waals surface area (Å²) in [6.07, 6.45) is 1.89. The van der Waals surface area contributed by atoms with Crippen LogP contribution in [0.1, 0.15) is 25.0 Å². The van der Waals surface area contributed by atoms with Crippen LogP contribution in [0.5, 0.6) is 5.75 Å². The number of benzene rings is 2. The van der Waals surface area contributed by atoms with Gasteiger partial charge in [-0.15, -0.1) is 0 Å². The molecule has 0 aliphatic rings. The molecule has 12 nitrogen and oxygen atoms in total. The number of carboxylic acid groups (broad SMARTS) is 1. The van der Waals surface area contributed by atoms with Crippen LogP contribution in [0.4, 0.5) is 0 Å². The number of aromatic amines is 1. The largest absolute Gasteiger partial charge is 0.508 e. The number of fused-ring (bicyclic) bond motifs is 1. The number of para-hydroxylation sites is 1. The normalized spacial score (nSPS) is 14.2. The van der Waals surface area contributed by atoms with E-state index in [9.17, 15) is 34.5 Å². The molecule has 0 saturated carbocycles. The number of carboxylic acids is 1. The first-order chi connectivity index (χ1) is 19.0. The number of hydrogen-bond acceptors (Lipinski definition) is 7. The van der Waals surface area contributed by atoms with Crippen LogP contribution in [0, 0.1) is 5.92 Å². The van der Waals surface area contributed by atoms with Gasteiger partial charge in [0.1, 0.15) is 23.9 Å². The van der Waals surface area contributed by atoms with Crippen LogP contribution in [0.25, 0.3) is 10.9 Å². The monoisotopic (exact) mass is 553 g/mol. The molecule has 0 spiro atoms. The zero-order valence-corrected chi connectivity index (χ0v) is 22.3. The predicted molar refractivity (Wildman–Crippen MR) is 147 cm³/mol. The highest BCUT2D eigenvalue weighted by Gasteiger charge is 2.31. The Morgan fingerprint density at radius 1 is 0.875 bits per heavy atom. The summed E-state index contributed by atoms with van der Waals surface area (Å²) in [5, 5.41) is 36.9. The molecule has 0 saturated heterocycles. The standard InChI is InChI=1S/C28H35N5O7/c1-15(2)24(28(39)40)33-27(38)23(14-34)32-26(37)22(12-17-13-30-21-6-4-3-5-19(17)21)31-25(36)20(29)11-16-7-9-18(35)10-8-16/h3-10,13,15,20,22-24,30,34-35H,11-12,14,29H2,1-2H3,(H,31,36)(H,32,37)(H,33,38)(H,39,40). The molecule has 1 aromatic heterocycles. The second-order valence-corrected chi connectivity index (χ2v) is 9.91. The molecular weight excluding hydrogens is 518 g/mol. The average molecular weight is 554 g/mol. The number of aromatic nitrogens is 1. The van der Waals surface area contributed by atoms with Gasteiger partial charge in [0.25, 0.3) is 0 Å². The lowest BCUT2D eigenvalue weighted by Crippen LogP contribution is -2.59. The van der Waals surface area contributed by atoms with Gasteiger partial charge in [0.15, 0.2) is 0 Å². The molecule has 3 aromatic rings. The molecule has 0 aliphatic carbocycles. The van der Waals surface area contributed by atoms with Crippen molar-refractivity contribution in [1.29, 1.82) is 0 Å². The first-order valence-electron chi connectivity index (χ1n) is 12.8. The van der Waals surface area contributed by atoms with E-state index in [-0.39, 0.29) is 18.6 Å². The molecule has 3 rings (SSSR count). The average Bonchev–Trinajstić information content (AvgIpc) is 3.33. The summed E-state index contributed by atoms with van der Waals surface area (Å²) < 4.78 is 0. The van der Waals surface area contributed by atoms with Crippen molar-refractivity contribution in [3.8, 4) is 5.75 Å². The molecule has 0 bridgehead atoms. The third-order valence-corrected chi connectivity index (χ3v) is 6.51. The fraction of sp³-hybridized carbons (Fsp3) is 0.357. The second-order valence-electron chi connectivity index (χ2n) is 9.91. The fourth-order valence-corrected chi connectivity index (χ4v) is 4.22. The molecule has 3 amide bonds. The first kappa shape index (κ1) is 30.1. The molecule has 9 N–H and O–H groups in total. The highest BCUT2D eigenvalue weighted by atomic mass is 16.4. The van der Waals surface area contributed by atoms with Gasteiger partial charge in [-0.05, 0) is 41.7 Å². The number of amides is 3. The van der Waals surface area contributed by atoms with Crippen LogP contribution in [-0.4, -0.2) is 74.8 Å². The molecule has 40 heavy (non-hydrogen) atoms. The van der Waals surface area contributed by atoms with Gasteiger partial charge in [0.05, 0.1) is 12.6 Å². The SMILES string of the molecule is CC(C)C(NC(=O)C(CO)NC(=O)C(Cc1c[nH]c2ccccc12)NC(=O)C(N)Cc1ccc(O)cc1)C(=O)O. The number of nitrogens with two attached hydrogens (primary N) is 1. The number of aromatic hydroxyl groups is 1. The summed E-state index contributed by atoms with van der Waals surface area (Å²) in [7, 11) is 0. The smallest absolute Gasteiger partial charge is 0.326 e. The van der Waals surface area contributed by atoms with E-state index in [4.69, 9.17) is 5.73 Å².